The van der Waals surface area contributed by atoms with E-state index in [1.807, 2.05) is 24.7 Å². The van der Waals surface area contributed by atoms with E-state index in [2.05, 4.69) is 47.2 Å². The maximum atomic E-state index is 13.9. The molecule has 6 aromatic rings. The summed E-state index contributed by atoms with van der Waals surface area (Å²) in [7, 11) is 0. The average Bonchev–Trinajstić information content (AvgIpc) is 3.47. The largest absolute Gasteiger partial charge is 0.370 e. The molecule has 1 aliphatic rings. The molecule has 0 spiro atoms. The lowest BCUT2D eigenvalue weighted by atomic mass is 10.1. The number of anilines is 1. The Morgan fingerprint density at radius 2 is 1.66 bits per heavy atom. The first-order valence-electron chi connectivity index (χ1n) is 12.9. The van der Waals surface area contributed by atoms with E-state index in [4.69, 9.17) is 4.98 Å². The van der Waals surface area contributed by atoms with Crippen molar-refractivity contribution in [1.82, 2.24) is 35.1 Å². The first-order chi connectivity index (χ1) is 18.7. The zero-order valence-electron chi connectivity index (χ0n) is 20.7. The topological polar surface area (TPSA) is 99.3 Å². The molecule has 0 aliphatic carbocycles. The number of imidazole rings is 1. The van der Waals surface area contributed by atoms with Crippen LogP contribution in [0.1, 0.15) is 25.7 Å². The lowest BCUT2D eigenvalue weighted by Crippen LogP contribution is -2.23. The Morgan fingerprint density at radius 1 is 0.816 bits per heavy atom. The summed E-state index contributed by atoms with van der Waals surface area (Å²) in [6.07, 6.45) is 14.1. The van der Waals surface area contributed by atoms with E-state index in [1.54, 1.807) is 18.5 Å². The molecule has 0 bridgehead atoms. The average molecular weight is 505 g/mol. The van der Waals surface area contributed by atoms with Gasteiger partial charge in [0.1, 0.15) is 11.5 Å². The van der Waals surface area contributed by atoms with Crippen molar-refractivity contribution in [2.24, 2.45) is 0 Å². The third kappa shape index (κ3) is 4.06. The first kappa shape index (κ1) is 22.5. The lowest BCUT2D eigenvalue weighted by Gasteiger charge is -2.22. The highest BCUT2D eigenvalue weighted by Gasteiger charge is 2.18. The molecule has 1 aromatic carbocycles. The molecule has 2 N–H and O–H groups in total. The van der Waals surface area contributed by atoms with Crippen molar-refractivity contribution in [2.45, 2.75) is 25.7 Å². The van der Waals surface area contributed by atoms with Crippen LogP contribution in [0.3, 0.4) is 0 Å². The minimum atomic E-state index is -0.304. The van der Waals surface area contributed by atoms with Gasteiger partial charge in [-0.1, -0.05) is 25.0 Å². The fourth-order valence-electron chi connectivity index (χ4n) is 5.24. The summed E-state index contributed by atoms with van der Waals surface area (Å²) >= 11 is 0. The lowest BCUT2D eigenvalue weighted by molar-refractivity contribution is 0.628. The number of rotatable bonds is 4. The second-order valence-corrected chi connectivity index (χ2v) is 9.70. The Hall–Kier alpha value is -4.66. The summed E-state index contributed by atoms with van der Waals surface area (Å²) in [4.78, 5) is 24.1. The molecular formula is C29H25FN8. The van der Waals surface area contributed by atoms with Crippen LogP contribution in [0.4, 0.5) is 10.1 Å². The van der Waals surface area contributed by atoms with E-state index < -0.39 is 0 Å². The van der Waals surface area contributed by atoms with E-state index in [9.17, 15) is 4.39 Å². The molecule has 1 aliphatic heterocycles. The Balaban J connectivity index is 1.29. The van der Waals surface area contributed by atoms with Gasteiger partial charge in [0, 0.05) is 48.4 Å². The van der Waals surface area contributed by atoms with E-state index in [0.29, 0.717) is 28.2 Å². The van der Waals surface area contributed by atoms with Crippen LogP contribution in [0.5, 0.6) is 0 Å². The fourth-order valence-corrected chi connectivity index (χ4v) is 5.24. The van der Waals surface area contributed by atoms with Gasteiger partial charge in [0.2, 0.25) is 0 Å². The Labute approximate surface area is 218 Å². The van der Waals surface area contributed by atoms with Crippen molar-refractivity contribution >= 4 is 27.8 Å². The molecule has 0 saturated carbocycles. The minimum absolute atomic E-state index is 0.304. The van der Waals surface area contributed by atoms with Gasteiger partial charge in [-0.15, -0.1) is 0 Å². The van der Waals surface area contributed by atoms with E-state index in [1.165, 1.54) is 37.8 Å². The monoisotopic (exact) mass is 504 g/mol. The molecule has 0 radical (unpaired) electrons. The van der Waals surface area contributed by atoms with Crippen molar-refractivity contribution in [3.05, 3.63) is 73.2 Å². The fraction of sp³-hybridized carbons (Fsp3) is 0.207. The summed E-state index contributed by atoms with van der Waals surface area (Å²) in [6.45, 7) is 2.12. The number of nitrogens with one attached hydrogen (secondary N) is 2. The summed E-state index contributed by atoms with van der Waals surface area (Å²) in [5.41, 5.74) is 7.36. The molecule has 9 heteroatoms. The van der Waals surface area contributed by atoms with Crippen molar-refractivity contribution < 1.29 is 4.39 Å². The number of aromatic amines is 2. The van der Waals surface area contributed by atoms with Gasteiger partial charge < -0.3 is 9.88 Å². The molecule has 0 atom stereocenters. The molecule has 188 valence electrons. The third-order valence-electron chi connectivity index (χ3n) is 7.20. The standard InChI is InChI=1S/C29H25FN8/c30-21-7-5-6-18(10-21)24-16-32-17-25-26(24)35-29(34-25)27-23-12-20(14-33-28(23)37-36-27)19-11-22(15-31-13-19)38-8-3-1-2-4-9-38/h5-7,10-17H,1-4,8-9H2,(H,34,35)(H,33,36,37). The van der Waals surface area contributed by atoms with Crippen LogP contribution in [0.15, 0.2) is 67.4 Å². The molecule has 6 heterocycles. The first-order valence-corrected chi connectivity index (χ1v) is 12.9. The molecule has 1 fully saturated rings. The number of hydrogen-bond acceptors (Lipinski definition) is 6. The molecule has 5 aromatic heterocycles. The summed E-state index contributed by atoms with van der Waals surface area (Å²) in [6, 6.07) is 10.7. The maximum Gasteiger partial charge on any atom is 0.159 e. The number of halogens is 1. The van der Waals surface area contributed by atoms with Gasteiger partial charge in [0.05, 0.1) is 34.5 Å². The Morgan fingerprint density at radius 3 is 2.53 bits per heavy atom. The van der Waals surface area contributed by atoms with Gasteiger partial charge in [-0.3, -0.25) is 15.1 Å². The van der Waals surface area contributed by atoms with E-state index >= 15 is 0 Å². The van der Waals surface area contributed by atoms with Crippen LogP contribution in [0, 0.1) is 5.82 Å². The maximum absolute atomic E-state index is 13.9. The van der Waals surface area contributed by atoms with Crippen LogP contribution in [0.25, 0.3) is 55.8 Å². The number of benzene rings is 1. The highest BCUT2D eigenvalue weighted by atomic mass is 19.1. The molecule has 0 unspecified atom stereocenters. The number of fused-ring (bicyclic) bond motifs is 2. The molecule has 7 rings (SSSR count). The van der Waals surface area contributed by atoms with E-state index in [0.717, 1.165) is 46.4 Å². The van der Waals surface area contributed by atoms with Crippen molar-refractivity contribution in [2.75, 3.05) is 18.0 Å². The van der Waals surface area contributed by atoms with Gasteiger partial charge in [0.15, 0.2) is 11.5 Å². The van der Waals surface area contributed by atoms with Crippen LogP contribution < -0.4 is 4.90 Å². The van der Waals surface area contributed by atoms with Gasteiger partial charge in [-0.25, -0.2) is 14.4 Å². The molecule has 0 amide bonds. The smallest absolute Gasteiger partial charge is 0.159 e. The SMILES string of the molecule is Fc1cccc(-c2cncc3[nH]c(-c4n[nH]c5ncc(-c6cncc(N7CCCCCC7)c6)cc45)nc23)c1. The number of aromatic nitrogens is 7. The number of hydrogen-bond donors (Lipinski definition) is 2. The highest BCUT2D eigenvalue weighted by molar-refractivity contribution is 5.96. The van der Waals surface area contributed by atoms with Crippen LogP contribution >= 0.6 is 0 Å². The highest BCUT2D eigenvalue weighted by Crippen LogP contribution is 2.33. The van der Waals surface area contributed by atoms with Crippen LogP contribution in [0.2, 0.25) is 0 Å². The Bertz CT molecular complexity index is 1760. The Kier molecular flexibility index (Phi) is 5.53. The number of nitrogens with zero attached hydrogens (tertiary/aromatic N) is 6. The third-order valence-corrected chi connectivity index (χ3v) is 7.20. The zero-order valence-corrected chi connectivity index (χ0v) is 20.7. The quantitative estimate of drug-likeness (QED) is 0.299. The number of pyridine rings is 3. The molecule has 38 heavy (non-hydrogen) atoms. The zero-order chi connectivity index (χ0) is 25.5. The van der Waals surface area contributed by atoms with Crippen LogP contribution in [-0.4, -0.2) is 48.2 Å². The molecule has 8 nitrogen and oxygen atoms in total. The molecule has 1 saturated heterocycles. The predicted molar refractivity (Wildman–Crippen MR) is 146 cm³/mol. The van der Waals surface area contributed by atoms with Gasteiger partial charge >= 0.3 is 0 Å². The second kappa shape index (κ2) is 9.33. The van der Waals surface area contributed by atoms with Gasteiger partial charge in [-0.2, -0.15) is 5.10 Å². The molecular weight excluding hydrogens is 479 g/mol. The van der Waals surface area contributed by atoms with Crippen molar-refractivity contribution in [3.63, 3.8) is 0 Å². The summed E-state index contributed by atoms with van der Waals surface area (Å²) < 4.78 is 13.9. The second-order valence-electron chi connectivity index (χ2n) is 9.70. The minimum Gasteiger partial charge on any atom is -0.370 e. The summed E-state index contributed by atoms with van der Waals surface area (Å²) in [5, 5.41) is 8.40. The van der Waals surface area contributed by atoms with E-state index in [-0.39, 0.29) is 5.82 Å². The number of H-pyrrole nitrogens is 2. The predicted octanol–water partition coefficient (Wildman–Crippen LogP) is 6.14. The van der Waals surface area contributed by atoms with Gasteiger partial charge in [-0.05, 0) is 42.7 Å². The van der Waals surface area contributed by atoms with Gasteiger partial charge in [0.25, 0.3) is 0 Å². The summed E-state index contributed by atoms with van der Waals surface area (Å²) in [5.74, 6) is 0.286. The normalized spacial score (nSPS) is 14.3. The van der Waals surface area contributed by atoms with Crippen molar-refractivity contribution in [3.8, 4) is 33.8 Å². The van der Waals surface area contributed by atoms with Crippen molar-refractivity contribution in [1.29, 1.82) is 0 Å². The van der Waals surface area contributed by atoms with Crippen LogP contribution in [-0.2, 0) is 0 Å².